The molecule has 2 N–H and O–H groups in total. The van der Waals surface area contributed by atoms with E-state index in [4.69, 9.17) is 14.0 Å². The van der Waals surface area contributed by atoms with Gasteiger partial charge in [0.05, 0.1) is 0 Å². The summed E-state index contributed by atoms with van der Waals surface area (Å²) in [7, 11) is 0. The topological polar surface area (TPSA) is 133 Å². The number of rotatable bonds is 6. The Bertz CT molecular complexity index is 971. The molecule has 0 spiro atoms. The number of aryl methyl sites for hydroxylation is 1. The number of ether oxygens (including phenoxy) is 2. The Kier molecular flexibility index (Phi) is 7.60. The number of nitrogens with zero attached hydrogens (tertiary/aromatic N) is 2. The SMILES string of the molecule is Cc1nc(-c2cccc(C(=O)NC[C@H](NC(=O)OC(C)(C)C)C(=O)OC(C)(C)C)c2)no1. The second kappa shape index (κ2) is 9.80. The van der Waals surface area contributed by atoms with Gasteiger partial charge in [-0.2, -0.15) is 4.98 Å². The minimum absolute atomic E-state index is 0.196. The molecule has 2 aromatic rings. The van der Waals surface area contributed by atoms with E-state index in [0.717, 1.165) is 0 Å². The number of aromatic nitrogens is 2. The van der Waals surface area contributed by atoms with E-state index in [9.17, 15) is 14.4 Å². The van der Waals surface area contributed by atoms with Gasteiger partial charge in [-0.1, -0.05) is 17.3 Å². The molecule has 0 aliphatic rings. The molecule has 0 fully saturated rings. The van der Waals surface area contributed by atoms with Crippen LogP contribution in [0.4, 0.5) is 4.79 Å². The molecule has 0 saturated carbocycles. The van der Waals surface area contributed by atoms with Gasteiger partial charge in [0.15, 0.2) is 0 Å². The largest absolute Gasteiger partial charge is 0.458 e. The lowest BCUT2D eigenvalue weighted by atomic mass is 10.1. The van der Waals surface area contributed by atoms with Crippen molar-refractivity contribution in [3.05, 3.63) is 35.7 Å². The smallest absolute Gasteiger partial charge is 0.408 e. The molecule has 0 radical (unpaired) electrons. The molecule has 1 aromatic carbocycles. The van der Waals surface area contributed by atoms with Crippen LogP contribution in [0.5, 0.6) is 0 Å². The van der Waals surface area contributed by atoms with Crippen molar-refractivity contribution in [3.8, 4) is 11.4 Å². The number of esters is 1. The lowest BCUT2D eigenvalue weighted by Gasteiger charge is -2.26. The highest BCUT2D eigenvalue weighted by molar-refractivity contribution is 5.95. The predicted octanol–water partition coefficient (Wildman–Crippen LogP) is 3.01. The van der Waals surface area contributed by atoms with Gasteiger partial charge in [-0.3, -0.25) is 4.79 Å². The van der Waals surface area contributed by atoms with Crippen molar-refractivity contribution in [1.29, 1.82) is 0 Å². The van der Waals surface area contributed by atoms with Gasteiger partial charge in [-0.15, -0.1) is 0 Å². The van der Waals surface area contributed by atoms with Crippen LogP contribution in [-0.4, -0.2) is 51.9 Å². The van der Waals surface area contributed by atoms with E-state index in [1.54, 1.807) is 72.7 Å². The van der Waals surface area contributed by atoms with Gasteiger partial charge >= 0.3 is 12.1 Å². The minimum atomic E-state index is -1.14. The lowest BCUT2D eigenvalue weighted by Crippen LogP contribution is -2.51. The molecule has 1 atom stereocenters. The molecule has 174 valence electrons. The fourth-order valence-corrected chi connectivity index (χ4v) is 2.53. The van der Waals surface area contributed by atoms with Crippen molar-refractivity contribution >= 4 is 18.0 Å². The highest BCUT2D eigenvalue weighted by Gasteiger charge is 2.29. The molecule has 0 aliphatic heterocycles. The Morgan fingerprint density at radius 3 is 2.28 bits per heavy atom. The van der Waals surface area contributed by atoms with Crippen LogP contribution in [0.2, 0.25) is 0 Å². The summed E-state index contributed by atoms with van der Waals surface area (Å²) < 4.78 is 15.5. The summed E-state index contributed by atoms with van der Waals surface area (Å²) in [6.45, 7) is 11.7. The third kappa shape index (κ3) is 8.01. The van der Waals surface area contributed by atoms with Crippen LogP contribution in [-0.2, 0) is 14.3 Å². The summed E-state index contributed by atoms with van der Waals surface area (Å²) in [6.07, 6.45) is -0.794. The average molecular weight is 447 g/mol. The maximum Gasteiger partial charge on any atom is 0.408 e. The number of carbonyl (C=O) groups is 3. The van der Waals surface area contributed by atoms with Crippen LogP contribution in [0.25, 0.3) is 11.4 Å². The first kappa shape index (κ1) is 24.8. The van der Waals surface area contributed by atoms with E-state index in [0.29, 0.717) is 22.8 Å². The van der Waals surface area contributed by atoms with Crippen molar-refractivity contribution in [3.63, 3.8) is 0 Å². The first-order chi connectivity index (χ1) is 14.7. The molecule has 0 unspecified atom stereocenters. The van der Waals surface area contributed by atoms with E-state index in [1.807, 2.05) is 0 Å². The Hall–Kier alpha value is -3.43. The molecule has 1 heterocycles. The van der Waals surface area contributed by atoms with Gasteiger partial charge in [0.1, 0.15) is 17.2 Å². The molecule has 0 saturated heterocycles. The molecule has 1 aromatic heterocycles. The van der Waals surface area contributed by atoms with Crippen molar-refractivity contribution < 1.29 is 28.4 Å². The molecule has 10 heteroatoms. The Morgan fingerprint density at radius 1 is 1.06 bits per heavy atom. The van der Waals surface area contributed by atoms with Gasteiger partial charge in [0.25, 0.3) is 5.91 Å². The van der Waals surface area contributed by atoms with Gasteiger partial charge in [0.2, 0.25) is 11.7 Å². The molecule has 2 amide bonds. The van der Waals surface area contributed by atoms with E-state index in [2.05, 4.69) is 20.8 Å². The lowest BCUT2D eigenvalue weighted by molar-refractivity contribution is -0.157. The zero-order valence-electron chi connectivity index (χ0n) is 19.4. The monoisotopic (exact) mass is 446 g/mol. The van der Waals surface area contributed by atoms with Crippen molar-refractivity contribution in [1.82, 2.24) is 20.8 Å². The minimum Gasteiger partial charge on any atom is -0.458 e. The van der Waals surface area contributed by atoms with Crippen LogP contribution in [0.3, 0.4) is 0 Å². The molecule has 32 heavy (non-hydrogen) atoms. The van der Waals surface area contributed by atoms with Crippen molar-refractivity contribution in [2.24, 2.45) is 0 Å². The number of amides is 2. The number of nitrogens with one attached hydrogen (secondary N) is 2. The van der Waals surface area contributed by atoms with Gasteiger partial charge < -0.3 is 24.6 Å². The van der Waals surface area contributed by atoms with E-state index >= 15 is 0 Å². The van der Waals surface area contributed by atoms with Crippen LogP contribution in [0.1, 0.15) is 57.8 Å². The summed E-state index contributed by atoms with van der Waals surface area (Å²) in [6, 6.07) is 5.49. The van der Waals surface area contributed by atoms with Gasteiger partial charge in [0, 0.05) is 24.6 Å². The third-order valence-electron chi connectivity index (χ3n) is 3.76. The van der Waals surface area contributed by atoms with Gasteiger partial charge in [-0.05, 0) is 53.7 Å². The summed E-state index contributed by atoms with van der Waals surface area (Å²) in [5.74, 6) is -0.384. The maximum atomic E-state index is 12.7. The Balaban J connectivity index is 2.11. The van der Waals surface area contributed by atoms with Gasteiger partial charge in [-0.25, -0.2) is 9.59 Å². The van der Waals surface area contributed by atoms with E-state index < -0.39 is 35.2 Å². The number of hydrogen-bond donors (Lipinski definition) is 2. The van der Waals surface area contributed by atoms with Crippen LogP contribution in [0, 0.1) is 6.92 Å². The fourth-order valence-electron chi connectivity index (χ4n) is 2.53. The Morgan fingerprint density at radius 2 is 1.72 bits per heavy atom. The summed E-state index contributed by atoms with van der Waals surface area (Å²) >= 11 is 0. The zero-order chi connectivity index (χ0) is 24.1. The number of benzene rings is 1. The Labute approximate surface area is 187 Å². The standard InChI is InChI=1S/C22H30N4O6/c1-13-24-17(26-32-13)14-9-8-10-15(11-14)18(27)23-12-16(19(28)30-21(2,3)4)25-20(29)31-22(5,6)7/h8-11,16H,12H2,1-7H3,(H,23,27)(H,25,29)/t16-/m0/s1. The highest BCUT2D eigenvalue weighted by Crippen LogP contribution is 2.17. The van der Waals surface area contributed by atoms with Crippen LogP contribution in [0.15, 0.2) is 28.8 Å². The highest BCUT2D eigenvalue weighted by atomic mass is 16.6. The van der Waals surface area contributed by atoms with Crippen LogP contribution < -0.4 is 10.6 Å². The fraction of sp³-hybridized carbons (Fsp3) is 0.500. The maximum absolute atomic E-state index is 12.7. The summed E-state index contributed by atoms with van der Waals surface area (Å²) in [5.41, 5.74) is -0.596. The average Bonchev–Trinajstić information content (AvgIpc) is 3.08. The first-order valence-corrected chi connectivity index (χ1v) is 10.1. The zero-order valence-corrected chi connectivity index (χ0v) is 19.4. The van der Waals surface area contributed by atoms with E-state index in [1.165, 1.54) is 0 Å². The number of hydrogen-bond acceptors (Lipinski definition) is 8. The second-order valence-corrected chi connectivity index (χ2v) is 9.16. The van der Waals surface area contributed by atoms with E-state index in [-0.39, 0.29) is 6.54 Å². The molecular weight excluding hydrogens is 416 g/mol. The first-order valence-electron chi connectivity index (χ1n) is 10.1. The normalized spacial score (nSPS) is 12.6. The predicted molar refractivity (Wildman–Crippen MR) is 116 cm³/mol. The molecule has 10 nitrogen and oxygen atoms in total. The molecule has 0 aliphatic carbocycles. The molecule has 0 bridgehead atoms. The van der Waals surface area contributed by atoms with Crippen molar-refractivity contribution in [2.45, 2.75) is 65.7 Å². The summed E-state index contributed by atoms with van der Waals surface area (Å²) in [4.78, 5) is 41.6. The van der Waals surface area contributed by atoms with Crippen LogP contribution >= 0.6 is 0 Å². The number of carbonyl (C=O) groups excluding carboxylic acids is 3. The second-order valence-electron chi connectivity index (χ2n) is 9.16. The van der Waals surface area contributed by atoms with Crippen molar-refractivity contribution in [2.75, 3.05) is 6.54 Å². The molecular formula is C22H30N4O6. The third-order valence-corrected chi connectivity index (χ3v) is 3.76. The quantitative estimate of drug-likeness (QED) is 0.647. The summed E-state index contributed by atoms with van der Waals surface area (Å²) in [5, 5.41) is 8.94. The number of alkyl carbamates (subject to hydrolysis) is 1. The molecule has 2 rings (SSSR count).